The van der Waals surface area contributed by atoms with Crippen LogP contribution in [0.15, 0.2) is 0 Å². The summed E-state index contributed by atoms with van der Waals surface area (Å²) in [5, 5.41) is 0. The van der Waals surface area contributed by atoms with Crippen molar-refractivity contribution in [3.63, 3.8) is 0 Å². The zero-order valence-corrected chi connectivity index (χ0v) is 9.92. The van der Waals surface area contributed by atoms with Gasteiger partial charge in [-0.05, 0) is 6.92 Å². The molecule has 13 heavy (non-hydrogen) atoms. The summed E-state index contributed by atoms with van der Waals surface area (Å²) in [6.07, 6.45) is 3.13. The van der Waals surface area contributed by atoms with Crippen molar-refractivity contribution in [3.05, 3.63) is 0 Å². The van der Waals surface area contributed by atoms with E-state index in [9.17, 15) is 4.79 Å². The molecular formula is C9H18BrNO2. The summed E-state index contributed by atoms with van der Waals surface area (Å²) >= 11 is 0. The first-order chi connectivity index (χ1) is 5.73. The summed E-state index contributed by atoms with van der Waals surface area (Å²) in [6.45, 7) is 4.70. The van der Waals surface area contributed by atoms with Gasteiger partial charge in [0.25, 0.3) is 6.23 Å². The zero-order valence-electron chi connectivity index (χ0n) is 8.33. The number of halogens is 1. The molecule has 3 nitrogen and oxygen atoms in total. The lowest BCUT2D eigenvalue weighted by molar-refractivity contribution is -0.933. The molecule has 0 N–H and O–H groups in total. The Morgan fingerprint density at radius 3 is 2.38 bits per heavy atom. The van der Waals surface area contributed by atoms with Crippen LogP contribution in [-0.4, -0.2) is 43.7 Å². The molecule has 0 aromatic heterocycles. The highest BCUT2D eigenvalue weighted by atomic mass is 79.9. The van der Waals surface area contributed by atoms with E-state index < -0.39 is 0 Å². The molecule has 1 rings (SSSR count). The summed E-state index contributed by atoms with van der Waals surface area (Å²) in [7, 11) is 2.10. The second kappa shape index (κ2) is 5.73. The molecule has 1 atom stereocenters. The third-order valence-corrected chi connectivity index (χ3v) is 2.66. The van der Waals surface area contributed by atoms with Crippen LogP contribution in [0, 0.1) is 0 Å². The maximum Gasteiger partial charge on any atom is 0.250 e. The lowest BCUT2D eigenvalue weighted by Crippen LogP contribution is -3.00. The van der Waals surface area contributed by atoms with Crippen LogP contribution in [0.5, 0.6) is 0 Å². The van der Waals surface area contributed by atoms with E-state index in [2.05, 4.69) is 7.05 Å². The van der Waals surface area contributed by atoms with Crippen molar-refractivity contribution >= 4 is 6.29 Å². The second-order valence-corrected chi connectivity index (χ2v) is 3.62. The minimum Gasteiger partial charge on any atom is -1.00 e. The highest BCUT2D eigenvalue weighted by Crippen LogP contribution is 2.20. The molecule has 78 valence electrons. The standard InChI is InChI=1S/C9H18NO2.BrH/c1-3-12-9(8-11)10(2)6-4-5-7-10;/h8-9H,3-7H2,1-2H3;1H/q+1;/p-1. The monoisotopic (exact) mass is 251 g/mol. The first-order valence-corrected chi connectivity index (χ1v) is 4.64. The fraction of sp³-hybridized carbons (Fsp3) is 0.889. The molecule has 1 aliphatic heterocycles. The zero-order chi connectivity index (χ0) is 9.03. The fourth-order valence-corrected chi connectivity index (χ4v) is 1.85. The van der Waals surface area contributed by atoms with E-state index in [0.29, 0.717) is 6.61 Å². The Hall–Kier alpha value is 0.0700. The molecule has 1 saturated heterocycles. The Balaban J connectivity index is 0.00000144. The van der Waals surface area contributed by atoms with E-state index in [1.165, 1.54) is 12.8 Å². The largest absolute Gasteiger partial charge is 1.00 e. The topological polar surface area (TPSA) is 26.3 Å². The average molecular weight is 252 g/mol. The highest BCUT2D eigenvalue weighted by Gasteiger charge is 2.35. The summed E-state index contributed by atoms with van der Waals surface area (Å²) in [6, 6.07) is 0. The number of likely N-dealkylation sites (N-methyl/N-ethyl adjacent to an activating group) is 1. The molecular weight excluding hydrogens is 234 g/mol. The van der Waals surface area contributed by atoms with Crippen LogP contribution in [0.4, 0.5) is 0 Å². The van der Waals surface area contributed by atoms with Gasteiger partial charge in [-0.2, -0.15) is 0 Å². The van der Waals surface area contributed by atoms with Gasteiger partial charge in [0, 0.05) is 12.8 Å². The van der Waals surface area contributed by atoms with Crippen LogP contribution in [0.1, 0.15) is 19.8 Å². The van der Waals surface area contributed by atoms with Gasteiger partial charge >= 0.3 is 0 Å². The van der Waals surface area contributed by atoms with Gasteiger partial charge in [0.2, 0.25) is 6.29 Å². The molecule has 1 heterocycles. The molecule has 1 fully saturated rings. The van der Waals surface area contributed by atoms with E-state index in [1.54, 1.807) is 0 Å². The number of aldehydes is 1. The number of rotatable bonds is 4. The molecule has 0 radical (unpaired) electrons. The lowest BCUT2D eigenvalue weighted by atomic mass is 10.4. The van der Waals surface area contributed by atoms with Gasteiger partial charge in [-0.3, -0.25) is 9.28 Å². The van der Waals surface area contributed by atoms with Gasteiger partial charge in [-0.15, -0.1) is 0 Å². The van der Waals surface area contributed by atoms with Gasteiger partial charge in [-0.25, -0.2) is 0 Å². The van der Waals surface area contributed by atoms with Gasteiger partial charge in [0.15, 0.2) is 0 Å². The molecule has 4 heteroatoms. The Labute approximate surface area is 90.4 Å². The predicted molar refractivity (Wildman–Crippen MR) is 46.6 cm³/mol. The van der Waals surface area contributed by atoms with Crippen LogP contribution in [0.3, 0.4) is 0 Å². The summed E-state index contributed by atoms with van der Waals surface area (Å²) < 4.78 is 6.16. The average Bonchev–Trinajstić information content (AvgIpc) is 2.49. The highest BCUT2D eigenvalue weighted by molar-refractivity contribution is 5.53. The number of quaternary nitrogens is 1. The molecule has 1 aliphatic rings. The number of hydrogen-bond donors (Lipinski definition) is 0. The second-order valence-electron chi connectivity index (χ2n) is 3.62. The van der Waals surface area contributed by atoms with Crippen LogP contribution in [0.25, 0.3) is 0 Å². The van der Waals surface area contributed by atoms with Crippen LogP contribution < -0.4 is 17.0 Å². The van der Waals surface area contributed by atoms with E-state index in [1.807, 2.05) is 6.92 Å². The van der Waals surface area contributed by atoms with Crippen molar-refractivity contribution in [1.29, 1.82) is 0 Å². The summed E-state index contributed by atoms with van der Waals surface area (Å²) in [5.74, 6) is 0. The van der Waals surface area contributed by atoms with Crippen molar-refractivity contribution in [2.45, 2.75) is 26.0 Å². The molecule has 0 aromatic carbocycles. The molecule has 0 bridgehead atoms. The summed E-state index contributed by atoms with van der Waals surface area (Å²) in [5.41, 5.74) is 0. The Bertz CT molecular complexity index is 158. The van der Waals surface area contributed by atoms with Gasteiger partial charge < -0.3 is 21.7 Å². The number of carbonyl (C=O) groups is 1. The van der Waals surface area contributed by atoms with E-state index in [4.69, 9.17) is 4.74 Å². The van der Waals surface area contributed by atoms with Gasteiger partial charge in [0.1, 0.15) is 0 Å². The molecule has 1 unspecified atom stereocenters. The number of carbonyl (C=O) groups excluding carboxylic acids is 1. The van der Waals surface area contributed by atoms with E-state index in [-0.39, 0.29) is 23.2 Å². The minimum absolute atomic E-state index is 0. The third kappa shape index (κ3) is 3.04. The molecule has 0 amide bonds. The number of nitrogens with zero attached hydrogens (tertiary/aromatic N) is 1. The Morgan fingerprint density at radius 1 is 1.46 bits per heavy atom. The first kappa shape index (κ1) is 13.1. The van der Waals surface area contributed by atoms with Crippen LogP contribution >= 0.6 is 0 Å². The maximum absolute atomic E-state index is 10.7. The molecule has 0 saturated carbocycles. The molecule has 0 aliphatic carbocycles. The third-order valence-electron chi connectivity index (χ3n) is 2.66. The Kier molecular flexibility index (Phi) is 5.76. The van der Waals surface area contributed by atoms with Crippen LogP contribution in [-0.2, 0) is 9.53 Å². The number of likely N-dealkylation sites (tertiary alicyclic amines) is 1. The van der Waals surface area contributed by atoms with E-state index in [0.717, 1.165) is 23.9 Å². The maximum atomic E-state index is 10.7. The summed E-state index contributed by atoms with van der Waals surface area (Å²) in [4.78, 5) is 10.7. The SMILES string of the molecule is CCOC(C=O)[N+]1(C)CCCC1.[Br-]. The smallest absolute Gasteiger partial charge is 0.250 e. The molecule has 0 aromatic rings. The Morgan fingerprint density at radius 2 is 2.00 bits per heavy atom. The van der Waals surface area contributed by atoms with Crippen LogP contribution in [0.2, 0.25) is 0 Å². The lowest BCUT2D eigenvalue weighted by Gasteiger charge is -2.33. The van der Waals surface area contributed by atoms with Crippen molar-refractivity contribution in [3.8, 4) is 0 Å². The van der Waals surface area contributed by atoms with Crippen molar-refractivity contribution in [1.82, 2.24) is 0 Å². The first-order valence-electron chi connectivity index (χ1n) is 4.64. The van der Waals surface area contributed by atoms with Crippen molar-refractivity contribution in [2.24, 2.45) is 0 Å². The van der Waals surface area contributed by atoms with E-state index >= 15 is 0 Å². The fourth-order valence-electron chi connectivity index (χ4n) is 1.85. The number of hydrogen-bond acceptors (Lipinski definition) is 2. The van der Waals surface area contributed by atoms with Gasteiger partial charge in [-0.1, -0.05) is 0 Å². The quantitative estimate of drug-likeness (QED) is 0.419. The number of ether oxygens (including phenoxy) is 1. The van der Waals surface area contributed by atoms with Gasteiger partial charge in [0.05, 0.1) is 26.7 Å². The normalized spacial score (nSPS) is 22.0. The van der Waals surface area contributed by atoms with Crippen molar-refractivity contribution < 1.29 is 31.0 Å². The molecule has 0 spiro atoms. The van der Waals surface area contributed by atoms with Crippen molar-refractivity contribution in [2.75, 3.05) is 26.7 Å². The minimum atomic E-state index is -0.238. The predicted octanol–water partition coefficient (Wildman–Crippen LogP) is -2.21.